The van der Waals surface area contributed by atoms with Gasteiger partial charge in [0, 0.05) is 31.3 Å². The van der Waals surface area contributed by atoms with Crippen molar-refractivity contribution in [2.45, 2.75) is 25.9 Å². The molecule has 1 aromatic heterocycles. The first-order chi connectivity index (χ1) is 11.6. The summed E-state index contributed by atoms with van der Waals surface area (Å²) in [6.07, 6.45) is 1.30. The molecule has 2 amide bonds. The van der Waals surface area contributed by atoms with Crippen LogP contribution in [0.5, 0.6) is 0 Å². The Kier molecular flexibility index (Phi) is 4.86. The quantitative estimate of drug-likeness (QED) is 0.899. The van der Waals surface area contributed by atoms with Gasteiger partial charge in [0.1, 0.15) is 11.1 Å². The molecule has 1 fully saturated rings. The summed E-state index contributed by atoms with van der Waals surface area (Å²) in [7, 11) is 1.59. The lowest BCUT2D eigenvalue weighted by atomic mass is 10.2. The summed E-state index contributed by atoms with van der Waals surface area (Å²) in [6.45, 7) is 2.60. The SMILES string of the molecule is COC(C)c1nnc(NC(=O)c2ccc(N3CCCC3=O)cc2)s1. The number of carbonyl (C=O) groups excluding carboxylic acids is 2. The maximum absolute atomic E-state index is 12.3. The number of hydrogen-bond donors (Lipinski definition) is 1. The zero-order valence-electron chi connectivity index (χ0n) is 13.5. The Morgan fingerprint density at radius 1 is 1.33 bits per heavy atom. The van der Waals surface area contributed by atoms with Crippen LogP contribution in [0.4, 0.5) is 10.8 Å². The van der Waals surface area contributed by atoms with E-state index in [1.165, 1.54) is 11.3 Å². The molecule has 7 nitrogen and oxygen atoms in total. The fourth-order valence-corrected chi connectivity index (χ4v) is 3.20. The number of benzene rings is 1. The molecular formula is C16H18N4O3S. The summed E-state index contributed by atoms with van der Waals surface area (Å²) in [5, 5.41) is 11.8. The molecule has 0 aliphatic carbocycles. The van der Waals surface area contributed by atoms with Gasteiger partial charge in [0.2, 0.25) is 11.0 Å². The number of carbonyl (C=O) groups is 2. The summed E-state index contributed by atoms with van der Waals surface area (Å²) in [4.78, 5) is 25.8. The van der Waals surface area contributed by atoms with Gasteiger partial charge in [-0.1, -0.05) is 11.3 Å². The Balaban J connectivity index is 1.67. The second kappa shape index (κ2) is 7.06. The summed E-state index contributed by atoms with van der Waals surface area (Å²) >= 11 is 1.28. The van der Waals surface area contributed by atoms with E-state index >= 15 is 0 Å². The molecular weight excluding hydrogens is 328 g/mol. The van der Waals surface area contributed by atoms with Crippen LogP contribution in [0.2, 0.25) is 0 Å². The minimum absolute atomic E-state index is 0.126. The minimum Gasteiger partial charge on any atom is -0.374 e. The standard InChI is InChI=1S/C16H18N4O3S/c1-10(23-2)15-18-19-16(24-15)17-14(22)11-5-7-12(8-6-11)20-9-3-4-13(20)21/h5-8,10H,3-4,9H2,1-2H3,(H,17,19,22). The van der Waals surface area contributed by atoms with Crippen LogP contribution in [-0.4, -0.2) is 35.7 Å². The van der Waals surface area contributed by atoms with Crippen LogP contribution in [0, 0.1) is 0 Å². The number of nitrogens with one attached hydrogen (secondary N) is 1. The number of anilines is 2. The molecule has 1 saturated heterocycles. The number of hydrogen-bond acceptors (Lipinski definition) is 6. The van der Waals surface area contributed by atoms with E-state index in [1.54, 1.807) is 36.3 Å². The van der Waals surface area contributed by atoms with E-state index in [1.807, 2.05) is 6.92 Å². The summed E-state index contributed by atoms with van der Waals surface area (Å²) < 4.78 is 5.17. The third kappa shape index (κ3) is 3.44. The van der Waals surface area contributed by atoms with E-state index < -0.39 is 0 Å². The highest BCUT2D eigenvalue weighted by Crippen LogP contribution is 2.25. The van der Waals surface area contributed by atoms with Crippen molar-refractivity contribution in [1.29, 1.82) is 0 Å². The van der Waals surface area contributed by atoms with Crippen molar-refractivity contribution in [2.75, 3.05) is 23.9 Å². The lowest BCUT2D eigenvalue weighted by molar-refractivity contribution is -0.117. The first kappa shape index (κ1) is 16.5. The van der Waals surface area contributed by atoms with Gasteiger partial charge >= 0.3 is 0 Å². The van der Waals surface area contributed by atoms with Crippen LogP contribution in [0.25, 0.3) is 0 Å². The van der Waals surface area contributed by atoms with Crippen LogP contribution in [0.15, 0.2) is 24.3 Å². The minimum atomic E-state index is -0.262. The maximum atomic E-state index is 12.3. The van der Waals surface area contributed by atoms with Gasteiger partial charge in [-0.15, -0.1) is 10.2 Å². The molecule has 126 valence electrons. The largest absolute Gasteiger partial charge is 0.374 e. The van der Waals surface area contributed by atoms with Crippen LogP contribution < -0.4 is 10.2 Å². The number of methoxy groups -OCH3 is 1. The van der Waals surface area contributed by atoms with Crippen molar-refractivity contribution >= 4 is 34.0 Å². The van der Waals surface area contributed by atoms with Gasteiger partial charge < -0.3 is 9.64 Å². The van der Waals surface area contributed by atoms with Gasteiger partial charge in [-0.2, -0.15) is 0 Å². The van der Waals surface area contributed by atoms with E-state index in [2.05, 4.69) is 15.5 Å². The number of nitrogens with zero attached hydrogens (tertiary/aromatic N) is 3. The number of rotatable bonds is 5. The highest BCUT2D eigenvalue weighted by molar-refractivity contribution is 7.15. The van der Waals surface area contributed by atoms with Crippen LogP contribution in [0.1, 0.15) is 41.2 Å². The Hall–Kier alpha value is -2.32. The van der Waals surface area contributed by atoms with Gasteiger partial charge in [-0.3, -0.25) is 14.9 Å². The molecule has 1 unspecified atom stereocenters. The summed E-state index contributed by atoms with van der Waals surface area (Å²) in [6, 6.07) is 6.99. The van der Waals surface area contributed by atoms with Crippen molar-refractivity contribution in [1.82, 2.24) is 10.2 Å². The topological polar surface area (TPSA) is 84.4 Å². The Bertz CT molecular complexity index is 744. The first-order valence-corrected chi connectivity index (χ1v) is 8.48. The lowest BCUT2D eigenvalue weighted by Gasteiger charge is -2.15. The summed E-state index contributed by atoms with van der Waals surface area (Å²) in [5.74, 6) is -0.136. The fraction of sp³-hybridized carbons (Fsp3) is 0.375. The van der Waals surface area contributed by atoms with Crippen molar-refractivity contribution in [3.8, 4) is 0 Å². The molecule has 1 atom stereocenters. The van der Waals surface area contributed by atoms with Crippen molar-refractivity contribution < 1.29 is 14.3 Å². The first-order valence-electron chi connectivity index (χ1n) is 7.66. The predicted molar refractivity (Wildman–Crippen MR) is 91.3 cm³/mol. The Morgan fingerprint density at radius 2 is 2.08 bits per heavy atom. The average molecular weight is 346 g/mol. The smallest absolute Gasteiger partial charge is 0.257 e. The molecule has 1 aliphatic heterocycles. The van der Waals surface area contributed by atoms with Crippen LogP contribution in [-0.2, 0) is 9.53 Å². The van der Waals surface area contributed by atoms with Gasteiger partial charge in [0.05, 0.1) is 0 Å². The third-order valence-electron chi connectivity index (χ3n) is 3.88. The molecule has 0 saturated carbocycles. The van der Waals surface area contributed by atoms with Gasteiger partial charge in [-0.25, -0.2) is 0 Å². The van der Waals surface area contributed by atoms with Crippen molar-refractivity contribution in [3.05, 3.63) is 34.8 Å². The Morgan fingerprint density at radius 3 is 2.71 bits per heavy atom. The molecule has 1 N–H and O–H groups in total. The van der Waals surface area contributed by atoms with Gasteiger partial charge in [0.15, 0.2) is 0 Å². The summed E-state index contributed by atoms with van der Waals surface area (Å²) in [5.41, 5.74) is 1.32. The molecule has 3 rings (SSSR count). The van der Waals surface area contributed by atoms with Crippen LogP contribution in [0.3, 0.4) is 0 Å². The highest BCUT2D eigenvalue weighted by Gasteiger charge is 2.21. The number of ether oxygens (including phenoxy) is 1. The fourth-order valence-electron chi connectivity index (χ4n) is 2.43. The van der Waals surface area contributed by atoms with E-state index in [4.69, 9.17) is 4.74 Å². The number of amides is 2. The van der Waals surface area contributed by atoms with Crippen LogP contribution >= 0.6 is 11.3 Å². The molecule has 8 heteroatoms. The normalized spacial score (nSPS) is 15.6. The molecule has 0 radical (unpaired) electrons. The maximum Gasteiger partial charge on any atom is 0.257 e. The molecule has 1 aliphatic rings. The van der Waals surface area contributed by atoms with Gasteiger partial charge in [0.25, 0.3) is 5.91 Å². The molecule has 0 bridgehead atoms. The van der Waals surface area contributed by atoms with E-state index in [-0.39, 0.29) is 17.9 Å². The Labute approximate surface area is 143 Å². The zero-order chi connectivity index (χ0) is 17.1. The second-order valence-electron chi connectivity index (χ2n) is 5.47. The zero-order valence-corrected chi connectivity index (χ0v) is 14.3. The molecule has 2 heterocycles. The van der Waals surface area contributed by atoms with E-state index in [9.17, 15) is 9.59 Å². The molecule has 24 heavy (non-hydrogen) atoms. The van der Waals surface area contributed by atoms with Gasteiger partial charge in [-0.05, 0) is 37.6 Å². The second-order valence-corrected chi connectivity index (χ2v) is 6.48. The lowest BCUT2D eigenvalue weighted by Crippen LogP contribution is -2.23. The average Bonchev–Trinajstić information content (AvgIpc) is 3.23. The highest BCUT2D eigenvalue weighted by atomic mass is 32.1. The predicted octanol–water partition coefficient (Wildman–Crippen LogP) is 2.62. The van der Waals surface area contributed by atoms with E-state index in [0.717, 1.165) is 18.7 Å². The molecule has 2 aromatic rings. The monoisotopic (exact) mass is 346 g/mol. The van der Waals surface area contributed by atoms with E-state index in [0.29, 0.717) is 22.1 Å². The third-order valence-corrected chi connectivity index (χ3v) is 4.88. The number of aromatic nitrogens is 2. The van der Waals surface area contributed by atoms with Crippen molar-refractivity contribution in [2.24, 2.45) is 0 Å². The molecule has 0 spiro atoms. The molecule has 1 aromatic carbocycles. The van der Waals surface area contributed by atoms with Crippen molar-refractivity contribution in [3.63, 3.8) is 0 Å².